The molecule has 0 atom stereocenters. The van der Waals surface area contributed by atoms with Gasteiger partial charge < -0.3 is 15.0 Å². The van der Waals surface area contributed by atoms with Gasteiger partial charge in [0.15, 0.2) is 9.84 Å². The van der Waals surface area contributed by atoms with Crippen molar-refractivity contribution in [1.82, 2.24) is 15.0 Å². The first-order chi connectivity index (χ1) is 17.7. The van der Waals surface area contributed by atoms with Crippen molar-refractivity contribution in [2.75, 3.05) is 24.2 Å². The Kier molecular flexibility index (Phi) is 6.68. The highest BCUT2D eigenvalue weighted by atomic mass is 32.2. The number of hydrogen-bond donors (Lipinski definition) is 2. The van der Waals surface area contributed by atoms with Crippen molar-refractivity contribution in [2.24, 2.45) is 5.92 Å². The Labute approximate surface area is 214 Å². The number of aromatic amines is 1. The second-order valence-corrected chi connectivity index (χ2v) is 11.5. The molecule has 0 saturated carbocycles. The topological polar surface area (TPSA) is 116 Å². The maximum atomic E-state index is 15.3. The molecule has 5 rings (SSSR count). The Morgan fingerprint density at radius 3 is 2.65 bits per heavy atom. The third-order valence-corrected chi connectivity index (χ3v) is 7.93. The number of carboxylic acid groups (broad SMARTS) is 1. The van der Waals surface area contributed by atoms with Gasteiger partial charge in [-0.1, -0.05) is 12.2 Å². The van der Waals surface area contributed by atoms with Crippen LogP contribution in [0.4, 0.5) is 10.2 Å². The molecule has 1 fully saturated rings. The van der Waals surface area contributed by atoms with Gasteiger partial charge in [-0.15, -0.1) is 0 Å². The van der Waals surface area contributed by atoms with E-state index in [1.807, 2.05) is 18.2 Å². The fraction of sp³-hybridized carbons (Fsp3) is 0.296. The summed E-state index contributed by atoms with van der Waals surface area (Å²) in [5.41, 5.74) is 2.89. The lowest BCUT2D eigenvalue weighted by Crippen LogP contribution is -2.34. The lowest BCUT2D eigenvalue weighted by Gasteiger charge is -2.32. The molecular formula is C27H27FN4O4S. The van der Waals surface area contributed by atoms with E-state index in [9.17, 15) is 13.2 Å². The number of nitrogens with one attached hydrogen (secondary N) is 1. The van der Waals surface area contributed by atoms with Crippen molar-refractivity contribution in [3.8, 4) is 0 Å². The average molecular weight is 523 g/mol. The van der Waals surface area contributed by atoms with Gasteiger partial charge in [0.05, 0.1) is 15.9 Å². The number of aliphatic carboxylic acids is 1. The second kappa shape index (κ2) is 9.93. The third-order valence-electron chi connectivity index (χ3n) is 6.82. The molecule has 0 radical (unpaired) electrons. The first-order valence-corrected chi connectivity index (χ1v) is 14.0. The summed E-state index contributed by atoms with van der Waals surface area (Å²) in [4.78, 5) is 25.4. The molecule has 8 nitrogen and oxygen atoms in total. The smallest absolute Gasteiger partial charge is 0.303 e. The van der Waals surface area contributed by atoms with Crippen molar-refractivity contribution in [1.29, 1.82) is 0 Å². The van der Waals surface area contributed by atoms with Crippen LogP contribution in [0.15, 0.2) is 65.5 Å². The molecule has 0 spiro atoms. The number of pyridine rings is 1. The number of halogens is 1. The maximum Gasteiger partial charge on any atom is 0.303 e. The molecule has 10 heteroatoms. The van der Waals surface area contributed by atoms with Gasteiger partial charge in [-0.3, -0.25) is 4.79 Å². The fourth-order valence-corrected chi connectivity index (χ4v) is 5.44. The Morgan fingerprint density at radius 2 is 1.97 bits per heavy atom. The van der Waals surface area contributed by atoms with Crippen molar-refractivity contribution in [2.45, 2.75) is 30.6 Å². The minimum absolute atomic E-state index is 0.172. The van der Waals surface area contributed by atoms with Crippen LogP contribution < -0.4 is 4.90 Å². The number of hydrogen-bond acceptors (Lipinski definition) is 6. The zero-order chi connectivity index (χ0) is 26.2. The predicted molar refractivity (Wildman–Crippen MR) is 140 cm³/mol. The van der Waals surface area contributed by atoms with Crippen molar-refractivity contribution in [3.05, 3.63) is 72.0 Å². The number of benzene rings is 1. The van der Waals surface area contributed by atoms with Crippen molar-refractivity contribution in [3.63, 3.8) is 0 Å². The molecule has 1 aliphatic heterocycles. The highest BCUT2D eigenvalue weighted by Gasteiger charge is 2.22. The summed E-state index contributed by atoms with van der Waals surface area (Å²) in [7, 11) is -3.37. The van der Waals surface area contributed by atoms with Gasteiger partial charge in [-0.05, 0) is 72.7 Å². The largest absolute Gasteiger partial charge is 0.481 e. The van der Waals surface area contributed by atoms with Crippen LogP contribution in [0.2, 0.25) is 0 Å². The number of sulfone groups is 1. The third kappa shape index (κ3) is 5.48. The van der Waals surface area contributed by atoms with Gasteiger partial charge in [0, 0.05) is 37.5 Å². The molecule has 2 aromatic heterocycles. The number of nitrogens with zero attached hydrogens (tertiary/aromatic N) is 3. The van der Waals surface area contributed by atoms with Crippen LogP contribution in [0.1, 0.15) is 37.1 Å². The molecule has 3 heterocycles. The number of imidazole rings is 1. The van der Waals surface area contributed by atoms with Gasteiger partial charge in [-0.2, -0.15) is 0 Å². The van der Waals surface area contributed by atoms with Gasteiger partial charge in [0.25, 0.3) is 0 Å². The fourth-order valence-electron chi connectivity index (χ4n) is 4.79. The predicted octanol–water partition coefficient (Wildman–Crippen LogP) is 4.78. The number of carbonyl (C=O) groups is 1. The van der Waals surface area contributed by atoms with Crippen LogP contribution in [0.25, 0.3) is 22.2 Å². The summed E-state index contributed by atoms with van der Waals surface area (Å²) in [6.45, 7) is 1.52. The first kappa shape index (κ1) is 24.9. The summed E-state index contributed by atoms with van der Waals surface area (Å²) in [5, 5.41) is 9.00. The number of fused-ring (bicyclic) bond motifs is 1. The summed E-state index contributed by atoms with van der Waals surface area (Å²) in [6, 6.07) is 8.43. The van der Waals surface area contributed by atoms with Crippen LogP contribution in [0.3, 0.4) is 0 Å². The van der Waals surface area contributed by atoms with Gasteiger partial charge >= 0.3 is 5.97 Å². The number of rotatable bonds is 6. The number of carboxylic acids is 1. The number of allylic oxidation sites excluding steroid dienone is 6. The first-order valence-electron chi connectivity index (χ1n) is 12.1. The number of anilines is 1. The van der Waals surface area contributed by atoms with Crippen LogP contribution >= 0.6 is 0 Å². The molecule has 0 unspecified atom stereocenters. The van der Waals surface area contributed by atoms with Gasteiger partial charge in [-0.25, -0.2) is 22.8 Å². The number of piperidine rings is 1. The summed E-state index contributed by atoms with van der Waals surface area (Å²) in [5.74, 6) is 0.162. The zero-order valence-electron chi connectivity index (χ0n) is 20.3. The monoisotopic (exact) mass is 522 g/mol. The van der Waals surface area contributed by atoms with E-state index in [4.69, 9.17) is 5.11 Å². The lowest BCUT2D eigenvalue weighted by atomic mass is 9.93. The van der Waals surface area contributed by atoms with E-state index in [1.54, 1.807) is 18.3 Å². The van der Waals surface area contributed by atoms with Crippen LogP contribution in [0.5, 0.6) is 0 Å². The normalized spacial score (nSPS) is 17.2. The Bertz CT molecular complexity index is 1550. The van der Waals surface area contributed by atoms with Crippen LogP contribution in [-0.2, 0) is 14.6 Å². The van der Waals surface area contributed by atoms with Crippen LogP contribution in [0, 0.1) is 5.92 Å². The lowest BCUT2D eigenvalue weighted by molar-refractivity contribution is -0.138. The van der Waals surface area contributed by atoms with E-state index >= 15 is 4.39 Å². The minimum Gasteiger partial charge on any atom is -0.481 e. The van der Waals surface area contributed by atoms with E-state index < -0.39 is 21.6 Å². The standard InChI is InChI=1S/C27H27FN4O4S/c1-37(35,36)20-6-7-23-24(15-20)31-27(30-23)21-4-2-3-18(14-22(21)28)19-5-8-25(29-16-19)32-11-9-17(10-12-32)13-26(33)34/h3-8,14-17H,2,9-13H2,1H3,(H,30,31)(H,33,34). The number of aromatic nitrogens is 3. The maximum absolute atomic E-state index is 15.3. The van der Waals surface area contributed by atoms with E-state index in [0.29, 0.717) is 34.4 Å². The minimum atomic E-state index is -3.37. The van der Waals surface area contributed by atoms with Crippen molar-refractivity contribution < 1.29 is 22.7 Å². The number of H-pyrrole nitrogens is 1. The van der Waals surface area contributed by atoms with Crippen molar-refractivity contribution >= 4 is 43.8 Å². The second-order valence-electron chi connectivity index (χ2n) is 9.48. The van der Waals surface area contributed by atoms with E-state index in [-0.39, 0.29) is 17.2 Å². The Balaban J connectivity index is 1.31. The Hall–Kier alpha value is -3.79. The molecule has 0 amide bonds. The summed E-state index contributed by atoms with van der Waals surface area (Å²) < 4.78 is 39.1. The molecule has 1 aliphatic carbocycles. The molecule has 3 aromatic rings. The van der Waals surface area contributed by atoms with Gasteiger partial charge in [0.1, 0.15) is 17.5 Å². The highest BCUT2D eigenvalue weighted by Crippen LogP contribution is 2.32. The average Bonchev–Trinajstić information content (AvgIpc) is 3.18. The highest BCUT2D eigenvalue weighted by molar-refractivity contribution is 7.90. The Morgan fingerprint density at radius 1 is 1.19 bits per heavy atom. The molecule has 1 saturated heterocycles. The van der Waals surface area contributed by atoms with Crippen LogP contribution in [-0.4, -0.2) is 53.8 Å². The van der Waals surface area contributed by atoms with E-state index in [2.05, 4.69) is 19.9 Å². The SMILES string of the molecule is CS(=O)(=O)c1ccc2nc(C3=CCC=C(c4ccc(N5CCC(CC(=O)O)CC5)nc4)C=C3F)[nH]c2c1. The summed E-state index contributed by atoms with van der Waals surface area (Å²) >= 11 is 0. The van der Waals surface area contributed by atoms with Gasteiger partial charge in [0.2, 0.25) is 0 Å². The molecule has 2 aliphatic rings. The molecule has 2 N–H and O–H groups in total. The molecular weight excluding hydrogens is 495 g/mol. The summed E-state index contributed by atoms with van der Waals surface area (Å²) in [6.07, 6.45) is 10.3. The quantitative estimate of drug-likeness (QED) is 0.479. The molecule has 0 bridgehead atoms. The molecule has 192 valence electrons. The van der Waals surface area contributed by atoms with E-state index in [0.717, 1.165) is 43.6 Å². The van der Waals surface area contributed by atoms with E-state index in [1.165, 1.54) is 18.2 Å². The molecule has 37 heavy (non-hydrogen) atoms. The zero-order valence-corrected chi connectivity index (χ0v) is 21.1. The molecule has 1 aromatic carbocycles.